The minimum absolute atomic E-state index is 0.0153. The smallest absolute Gasteiger partial charge is 0.320 e. The van der Waals surface area contributed by atoms with Crippen LogP contribution in [0, 0.1) is 5.82 Å². The van der Waals surface area contributed by atoms with Crippen LogP contribution in [0.15, 0.2) is 83.6 Å². The topological polar surface area (TPSA) is 110 Å². The highest BCUT2D eigenvalue weighted by Crippen LogP contribution is 2.40. The van der Waals surface area contributed by atoms with Crippen molar-refractivity contribution in [1.82, 2.24) is 4.31 Å². The van der Waals surface area contributed by atoms with Gasteiger partial charge in [0.15, 0.2) is 5.60 Å². The first kappa shape index (κ1) is 17.2. The number of sulfonamides is 1. The lowest BCUT2D eigenvalue weighted by molar-refractivity contribution is -0.138. The number of nitrogens with zero attached hydrogens (tertiary/aromatic N) is 1. The van der Waals surface area contributed by atoms with Gasteiger partial charge in [0, 0.05) is 6.07 Å². The molecule has 0 radical (unpaired) electrons. The van der Waals surface area contributed by atoms with Gasteiger partial charge in [-0.15, -0.1) is 0 Å². The van der Waals surface area contributed by atoms with Gasteiger partial charge in [-0.1, -0.05) is 48.4 Å². The molecule has 1 aliphatic heterocycles. The summed E-state index contributed by atoms with van der Waals surface area (Å²) in [6.07, 6.45) is -0.103. The van der Waals surface area contributed by atoms with Gasteiger partial charge in [0.2, 0.25) is 10.0 Å². The number of hydrogen-bond acceptors (Lipinski definition) is 5. The monoisotopic (exact) mass is 475 g/mol. The molecular weight excluding hydrogens is 447 g/mol. The molecule has 1 heterocycles. The van der Waals surface area contributed by atoms with E-state index in [1.165, 1.54) is 36.4 Å². The van der Waals surface area contributed by atoms with Crippen molar-refractivity contribution in [2.75, 3.05) is 13.1 Å². The Hall–Kier alpha value is -3.27. The lowest BCUT2D eigenvalue weighted by Crippen LogP contribution is -2.64. The van der Waals surface area contributed by atoms with E-state index >= 15 is 0 Å². The van der Waals surface area contributed by atoms with Crippen molar-refractivity contribution in [3.05, 3.63) is 95.7 Å². The fourth-order valence-corrected chi connectivity index (χ4v) is 5.13. The highest BCUT2D eigenvalue weighted by Gasteiger charge is 2.52. The molecule has 7 nitrogen and oxygen atoms in total. The van der Waals surface area contributed by atoms with E-state index in [0.29, 0.717) is 5.56 Å². The number of aliphatic carboxylic acids is 1. The average Bonchev–Trinajstić information content (AvgIpc) is 2.84. The van der Waals surface area contributed by atoms with Crippen molar-refractivity contribution >= 4 is 16.0 Å². The Morgan fingerprint density at radius 2 is 1.88 bits per heavy atom. The van der Waals surface area contributed by atoms with Crippen LogP contribution in [0.4, 0.5) is 4.39 Å². The standard InChI is InChI=1S/C24H23FN2O5S/c25-19-9-5-10-20(14-19)32-24(18-7-2-1-3-8-18)15-27(16-24)33(30,31)21-11-4-6-17(12-21)13-22(26)23(28)29/h1-12,14,22H,13,15-16,26H2,(H,28,29)/t22-/m0/s1/i1D,2D,3D,7D,8D. The van der Waals surface area contributed by atoms with E-state index in [-0.39, 0.29) is 22.6 Å². The van der Waals surface area contributed by atoms with Gasteiger partial charge in [0.05, 0.1) is 24.8 Å². The van der Waals surface area contributed by atoms with Crippen LogP contribution < -0.4 is 10.5 Å². The van der Waals surface area contributed by atoms with Gasteiger partial charge in [0.1, 0.15) is 17.6 Å². The van der Waals surface area contributed by atoms with Crippen LogP contribution in [0.2, 0.25) is 0 Å². The molecule has 1 fully saturated rings. The van der Waals surface area contributed by atoms with Crippen LogP contribution in [-0.4, -0.2) is 42.9 Å². The fourth-order valence-electron chi connectivity index (χ4n) is 3.52. The molecule has 0 unspecified atom stereocenters. The summed E-state index contributed by atoms with van der Waals surface area (Å²) in [6, 6.07) is 6.39. The van der Waals surface area contributed by atoms with Crippen LogP contribution in [0.1, 0.15) is 18.0 Å². The van der Waals surface area contributed by atoms with E-state index in [9.17, 15) is 17.6 Å². The van der Waals surface area contributed by atoms with Crippen molar-refractivity contribution in [2.45, 2.75) is 23.0 Å². The molecule has 3 aromatic carbocycles. The first-order valence-electron chi connectivity index (χ1n) is 12.4. The Balaban J connectivity index is 1.73. The quantitative estimate of drug-likeness (QED) is 0.519. The summed E-state index contributed by atoms with van der Waals surface area (Å²) >= 11 is 0. The van der Waals surface area contributed by atoms with Gasteiger partial charge in [-0.25, -0.2) is 12.8 Å². The molecule has 1 saturated heterocycles. The third kappa shape index (κ3) is 4.75. The molecule has 0 amide bonds. The Morgan fingerprint density at radius 3 is 2.55 bits per heavy atom. The second kappa shape index (κ2) is 8.93. The number of halogens is 1. The zero-order valence-electron chi connectivity index (χ0n) is 22.2. The van der Waals surface area contributed by atoms with Gasteiger partial charge in [0.25, 0.3) is 0 Å². The Kier molecular flexibility index (Phi) is 4.67. The molecule has 3 N–H and O–H groups in total. The third-order valence-electron chi connectivity index (χ3n) is 5.24. The zero-order valence-corrected chi connectivity index (χ0v) is 18.0. The van der Waals surface area contributed by atoms with Crippen LogP contribution in [0.5, 0.6) is 5.75 Å². The molecule has 172 valence electrons. The number of ether oxygens (including phenoxy) is 1. The summed E-state index contributed by atoms with van der Waals surface area (Å²) in [4.78, 5) is 10.9. The summed E-state index contributed by atoms with van der Waals surface area (Å²) in [5.41, 5.74) is 3.99. The molecule has 33 heavy (non-hydrogen) atoms. The summed E-state index contributed by atoms with van der Waals surface area (Å²) in [5.74, 6) is -1.89. The largest absolute Gasteiger partial charge is 0.480 e. The van der Waals surface area contributed by atoms with E-state index in [4.69, 9.17) is 22.4 Å². The first-order chi connectivity index (χ1) is 17.8. The molecule has 3 aromatic rings. The number of carbonyl (C=O) groups is 1. The number of carboxylic acids is 1. The van der Waals surface area contributed by atoms with Crippen LogP contribution in [0.3, 0.4) is 0 Å². The van der Waals surface area contributed by atoms with Gasteiger partial charge in [-0.3, -0.25) is 4.79 Å². The second-order valence-electron chi connectivity index (χ2n) is 7.62. The summed E-state index contributed by atoms with van der Waals surface area (Å²) in [6.45, 7) is -0.864. The normalized spacial score (nSPS) is 18.7. The van der Waals surface area contributed by atoms with E-state index < -0.39 is 76.8 Å². The molecule has 0 spiro atoms. The van der Waals surface area contributed by atoms with Crippen LogP contribution in [0.25, 0.3) is 0 Å². The molecule has 1 aliphatic rings. The van der Waals surface area contributed by atoms with Gasteiger partial charge in [-0.2, -0.15) is 4.31 Å². The van der Waals surface area contributed by atoms with Gasteiger partial charge >= 0.3 is 5.97 Å². The van der Waals surface area contributed by atoms with E-state index in [2.05, 4.69) is 0 Å². The molecular formula is C24H23FN2O5S. The predicted octanol–water partition coefficient (Wildman–Crippen LogP) is 2.76. The lowest BCUT2D eigenvalue weighted by Gasteiger charge is -2.48. The number of nitrogens with two attached hydrogens (primary N) is 1. The summed E-state index contributed by atoms with van der Waals surface area (Å²) < 4.78 is 88.5. The number of rotatable bonds is 8. The molecule has 0 aromatic heterocycles. The van der Waals surface area contributed by atoms with Crippen molar-refractivity contribution < 1.29 is 34.3 Å². The number of carboxylic acid groups (broad SMARTS) is 1. The van der Waals surface area contributed by atoms with Crippen molar-refractivity contribution in [2.24, 2.45) is 5.73 Å². The van der Waals surface area contributed by atoms with E-state index in [0.717, 1.165) is 10.4 Å². The van der Waals surface area contributed by atoms with Crippen molar-refractivity contribution in [3.8, 4) is 5.75 Å². The first-order valence-corrected chi connectivity index (χ1v) is 11.3. The molecule has 9 heteroatoms. The SMILES string of the molecule is [2H]c1c([2H])c([2H])c(C2(Oc3cccc(F)c3)CN(S(=O)(=O)c3cccc(C[C@H](N)C(=O)O)c3)C2)c([2H])c1[2H]. The van der Waals surface area contributed by atoms with Crippen LogP contribution in [-0.2, 0) is 26.8 Å². The predicted molar refractivity (Wildman–Crippen MR) is 120 cm³/mol. The molecule has 1 atom stereocenters. The fraction of sp³-hybridized carbons (Fsp3) is 0.208. The molecule has 0 saturated carbocycles. The van der Waals surface area contributed by atoms with Crippen LogP contribution >= 0.6 is 0 Å². The van der Waals surface area contributed by atoms with E-state index in [1.54, 1.807) is 6.07 Å². The highest BCUT2D eigenvalue weighted by molar-refractivity contribution is 7.89. The average molecular weight is 476 g/mol. The van der Waals surface area contributed by atoms with Crippen molar-refractivity contribution in [1.29, 1.82) is 0 Å². The molecule has 4 rings (SSSR count). The lowest BCUT2D eigenvalue weighted by atomic mass is 9.87. The summed E-state index contributed by atoms with van der Waals surface area (Å²) in [5, 5.41) is 9.06. The second-order valence-corrected chi connectivity index (χ2v) is 9.56. The van der Waals surface area contributed by atoms with Gasteiger partial charge in [-0.05, 0) is 41.8 Å². The number of benzene rings is 3. The minimum Gasteiger partial charge on any atom is -0.480 e. The van der Waals surface area contributed by atoms with Crippen molar-refractivity contribution in [3.63, 3.8) is 0 Å². The maximum Gasteiger partial charge on any atom is 0.320 e. The van der Waals surface area contributed by atoms with E-state index in [1.807, 2.05) is 0 Å². The highest BCUT2D eigenvalue weighted by atomic mass is 32.2. The Morgan fingerprint density at radius 1 is 1.18 bits per heavy atom. The number of hydrogen-bond donors (Lipinski definition) is 2. The molecule has 0 bridgehead atoms. The maximum atomic E-state index is 13.9. The Bertz CT molecular complexity index is 1500. The Labute approximate surface area is 198 Å². The minimum atomic E-state index is -4.18. The summed E-state index contributed by atoms with van der Waals surface area (Å²) in [7, 11) is -4.18. The third-order valence-corrected chi connectivity index (χ3v) is 7.03. The molecule has 0 aliphatic carbocycles. The zero-order chi connectivity index (χ0) is 28.0. The maximum absolute atomic E-state index is 13.9. The van der Waals surface area contributed by atoms with Gasteiger partial charge < -0.3 is 15.6 Å².